The fourth-order valence-corrected chi connectivity index (χ4v) is 1.36. The van der Waals surface area contributed by atoms with Crippen LogP contribution in [0.1, 0.15) is 0 Å². The molecule has 0 aromatic carbocycles. The quantitative estimate of drug-likeness (QED) is 0.447. The molecule has 0 aromatic heterocycles. The summed E-state index contributed by atoms with van der Waals surface area (Å²) in [6, 6.07) is 0. The van der Waals surface area contributed by atoms with Gasteiger partial charge in [0.05, 0.1) is 6.67 Å². The Bertz CT molecular complexity index is 76.1. The Balaban J connectivity index is 3.49. The Morgan fingerprint density at radius 2 is 2.00 bits per heavy atom. The predicted molar refractivity (Wildman–Crippen MR) is 43.5 cm³/mol. The van der Waals surface area contributed by atoms with Crippen LogP contribution in [0.15, 0.2) is 4.99 Å². The fourth-order valence-electron chi connectivity index (χ4n) is 0.287. The molecule has 0 spiro atoms. The second-order valence-corrected chi connectivity index (χ2v) is 2.86. The van der Waals surface area contributed by atoms with Gasteiger partial charge in [0.1, 0.15) is 4.38 Å². The number of rotatable bonds is 1. The number of aliphatic imine (C=N–C) groups is 1. The molecular formula is C4H10N2S2. The van der Waals surface area contributed by atoms with Crippen molar-refractivity contribution in [3.05, 3.63) is 0 Å². The van der Waals surface area contributed by atoms with E-state index in [4.69, 9.17) is 5.73 Å². The minimum absolute atomic E-state index is 0.400. The Morgan fingerprint density at radius 1 is 1.50 bits per heavy atom. The van der Waals surface area contributed by atoms with Crippen molar-refractivity contribution in [2.24, 2.45) is 10.7 Å². The maximum Gasteiger partial charge on any atom is 0.125 e. The lowest BCUT2D eigenvalue weighted by molar-refractivity contribution is 1.08. The lowest BCUT2D eigenvalue weighted by Crippen LogP contribution is -1.96. The largest absolute Gasteiger partial charge is 0.312 e. The highest BCUT2D eigenvalue weighted by molar-refractivity contribution is 8.38. The maximum atomic E-state index is 5.17. The van der Waals surface area contributed by atoms with Gasteiger partial charge in [0.2, 0.25) is 0 Å². The normalized spacial score (nSPS) is 8.88. The van der Waals surface area contributed by atoms with Crippen LogP contribution in [-0.4, -0.2) is 23.6 Å². The van der Waals surface area contributed by atoms with Crippen molar-refractivity contribution in [1.29, 1.82) is 0 Å². The monoisotopic (exact) mass is 150 g/mol. The fraction of sp³-hybridized carbons (Fsp3) is 0.750. The van der Waals surface area contributed by atoms with Crippen molar-refractivity contribution < 1.29 is 0 Å². The molecule has 0 aliphatic rings. The molecule has 2 nitrogen and oxygen atoms in total. The average Bonchev–Trinajstić information content (AvgIpc) is 1.83. The van der Waals surface area contributed by atoms with E-state index in [-0.39, 0.29) is 0 Å². The van der Waals surface area contributed by atoms with E-state index < -0.39 is 0 Å². The van der Waals surface area contributed by atoms with Gasteiger partial charge in [-0.25, -0.2) is 0 Å². The number of thioether (sulfide) groups is 2. The first-order chi connectivity index (χ1) is 3.85. The SMILES string of the molecule is CSC(=NCN)SC. The van der Waals surface area contributed by atoms with Crippen LogP contribution >= 0.6 is 23.5 Å². The Morgan fingerprint density at radius 3 is 2.12 bits per heavy atom. The molecule has 0 saturated carbocycles. The van der Waals surface area contributed by atoms with Crippen LogP contribution < -0.4 is 5.73 Å². The van der Waals surface area contributed by atoms with Gasteiger partial charge in [-0.05, 0) is 12.5 Å². The molecule has 0 aromatic rings. The molecule has 4 heteroatoms. The zero-order chi connectivity index (χ0) is 6.41. The Labute approximate surface area is 58.3 Å². The van der Waals surface area contributed by atoms with Gasteiger partial charge in [-0.15, -0.1) is 23.5 Å². The van der Waals surface area contributed by atoms with E-state index in [0.29, 0.717) is 6.67 Å². The second-order valence-electron chi connectivity index (χ2n) is 1.01. The summed E-state index contributed by atoms with van der Waals surface area (Å²) in [5.41, 5.74) is 5.17. The van der Waals surface area contributed by atoms with Gasteiger partial charge in [0.25, 0.3) is 0 Å². The third-order valence-corrected chi connectivity index (χ3v) is 2.53. The van der Waals surface area contributed by atoms with Crippen molar-refractivity contribution in [3.63, 3.8) is 0 Å². The van der Waals surface area contributed by atoms with Crippen LogP contribution in [0, 0.1) is 0 Å². The minimum Gasteiger partial charge on any atom is -0.312 e. The standard InChI is InChI=1S/C4H10N2S2/c1-7-4(8-2)6-3-5/h3,5H2,1-2H3. The van der Waals surface area contributed by atoms with E-state index in [1.54, 1.807) is 23.5 Å². The molecular weight excluding hydrogens is 140 g/mol. The van der Waals surface area contributed by atoms with Crippen LogP contribution in [0.4, 0.5) is 0 Å². The number of hydrogen-bond acceptors (Lipinski definition) is 4. The third-order valence-electron chi connectivity index (χ3n) is 0.570. The molecule has 0 amide bonds. The molecule has 0 bridgehead atoms. The van der Waals surface area contributed by atoms with E-state index in [1.165, 1.54) is 0 Å². The second kappa shape index (κ2) is 5.47. The molecule has 0 saturated heterocycles. The Kier molecular flexibility index (Phi) is 5.69. The van der Waals surface area contributed by atoms with Gasteiger partial charge >= 0.3 is 0 Å². The molecule has 0 aliphatic heterocycles. The molecule has 0 fully saturated rings. The molecule has 0 heterocycles. The molecule has 2 N–H and O–H groups in total. The highest BCUT2D eigenvalue weighted by Crippen LogP contribution is 2.09. The first-order valence-electron chi connectivity index (χ1n) is 2.17. The minimum atomic E-state index is 0.400. The zero-order valence-electron chi connectivity index (χ0n) is 5.05. The van der Waals surface area contributed by atoms with E-state index >= 15 is 0 Å². The Hall–Kier alpha value is 0.330. The summed E-state index contributed by atoms with van der Waals surface area (Å²) in [5.74, 6) is 0. The first kappa shape index (κ1) is 8.33. The molecule has 0 radical (unpaired) electrons. The lowest BCUT2D eigenvalue weighted by Gasteiger charge is -1.93. The van der Waals surface area contributed by atoms with Gasteiger partial charge in [-0.1, -0.05) is 0 Å². The summed E-state index contributed by atoms with van der Waals surface area (Å²) < 4.78 is 1.05. The zero-order valence-corrected chi connectivity index (χ0v) is 6.68. The smallest absolute Gasteiger partial charge is 0.125 e. The number of hydrogen-bond donors (Lipinski definition) is 1. The van der Waals surface area contributed by atoms with Gasteiger partial charge in [-0.2, -0.15) is 0 Å². The summed E-state index contributed by atoms with van der Waals surface area (Å²) in [6.07, 6.45) is 3.98. The third kappa shape index (κ3) is 3.35. The number of nitrogens with two attached hydrogens (primary N) is 1. The molecule has 0 aliphatic carbocycles. The van der Waals surface area contributed by atoms with Crippen LogP contribution in [0.5, 0.6) is 0 Å². The van der Waals surface area contributed by atoms with Crippen LogP contribution in [0.25, 0.3) is 0 Å². The van der Waals surface area contributed by atoms with Crippen molar-refractivity contribution >= 4 is 27.9 Å². The van der Waals surface area contributed by atoms with Crippen LogP contribution in [0.2, 0.25) is 0 Å². The maximum absolute atomic E-state index is 5.17. The summed E-state index contributed by atoms with van der Waals surface area (Å²) in [4.78, 5) is 3.98. The van der Waals surface area contributed by atoms with Gasteiger partial charge < -0.3 is 5.73 Å². The topological polar surface area (TPSA) is 38.4 Å². The summed E-state index contributed by atoms with van der Waals surface area (Å²) in [5, 5.41) is 0. The van der Waals surface area contributed by atoms with Crippen LogP contribution in [-0.2, 0) is 0 Å². The molecule has 8 heavy (non-hydrogen) atoms. The average molecular weight is 150 g/mol. The molecule has 48 valence electrons. The lowest BCUT2D eigenvalue weighted by atomic mass is 11.2. The van der Waals surface area contributed by atoms with Crippen molar-refractivity contribution in [1.82, 2.24) is 0 Å². The van der Waals surface area contributed by atoms with E-state index in [9.17, 15) is 0 Å². The van der Waals surface area contributed by atoms with Gasteiger partial charge in [0, 0.05) is 0 Å². The predicted octanol–water partition coefficient (Wildman–Crippen LogP) is 0.985. The van der Waals surface area contributed by atoms with E-state index in [2.05, 4.69) is 4.99 Å². The van der Waals surface area contributed by atoms with Crippen molar-refractivity contribution in [2.75, 3.05) is 19.2 Å². The molecule has 0 unspecified atom stereocenters. The highest BCUT2D eigenvalue weighted by Gasteiger charge is 1.88. The van der Waals surface area contributed by atoms with E-state index in [0.717, 1.165) is 4.38 Å². The van der Waals surface area contributed by atoms with Crippen molar-refractivity contribution in [2.45, 2.75) is 0 Å². The summed E-state index contributed by atoms with van der Waals surface area (Å²) in [6.45, 7) is 0.400. The van der Waals surface area contributed by atoms with Crippen LogP contribution in [0.3, 0.4) is 0 Å². The van der Waals surface area contributed by atoms with Gasteiger partial charge in [0.15, 0.2) is 0 Å². The molecule has 0 atom stereocenters. The van der Waals surface area contributed by atoms with E-state index in [1.807, 2.05) is 12.5 Å². The summed E-state index contributed by atoms with van der Waals surface area (Å²) in [7, 11) is 0. The molecule has 0 rings (SSSR count). The van der Waals surface area contributed by atoms with Crippen molar-refractivity contribution in [3.8, 4) is 0 Å². The first-order valence-corrected chi connectivity index (χ1v) is 4.62. The number of nitrogens with zero attached hydrogens (tertiary/aromatic N) is 1. The summed E-state index contributed by atoms with van der Waals surface area (Å²) >= 11 is 3.25. The highest BCUT2D eigenvalue weighted by atomic mass is 32.2. The van der Waals surface area contributed by atoms with Gasteiger partial charge in [-0.3, -0.25) is 4.99 Å².